The van der Waals surface area contributed by atoms with Crippen molar-refractivity contribution in [3.8, 4) is 0 Å². The maximum Gasteiger partial charge on any atom is 0.335 e. The smallest absolute Gasteiger partial charge is 0.335 e. The minimum Gasteiger partial charge on any atom is -0.478 e. The van der Waals surface area contributed by atoms with Crippen molar-refractivity contribution in [2.24, 2.45) is 0 Å². The lowest BCUT2D eigenvalue weighted by Gasteiger charge is -2.06. The zero-order valence-corrected chi connectivity index (χ0v) is 9.78. The largest absolute Gasteiger partial charge is 0.478 e. The molecule has 1 aromatic heterocycles. The lowest BCUT2D eigenvalue weighted by molar-refractivity contribution is 0.0697. The summed E-state index contributed by atoms with van der Waals surface area (Å²) in [5, 5.41) is 12.4. The van der Waals surface area contributed by atoms with Gasteiger partial charge < -0.3 is 16.2 Å². The van der Waals surface area contributed by atoms with Crippen molar-refractivity contribution in [3.05, 3.63) is 29.6 Å². The van der Waals surface area contributed by atoms with Crippen molar-refractivity contribution >= 4 is 34.0 Å². The van der Waals surface area contributed by atoms with E-state index >= 15 is 0 Å². The second-order valence-corrected chi connectivity index (χ2v) is 4.13. The normalized spacial score (nSPS) is 10.2. The van der Waals surface area contributed by atoms with Gasteiger partial charge in [0.05, 0.1) is 16.9 Å². The first kappa shape index (κ1) is 11.3. The number of carboxylic acid groups (broad SMARTS) is 1. The van der Waals surface area contributed by atoms with E-state index in [0.29, 0.717) is 22.3 Å². The number of benzene rings is 1. The van der Waals surface area contributed by atoms with Gasteiger partial charge in [-0.25, -0.2) is 9.78 Å². The van der Waals surface area contributed by atoms with Crippen molar-refractivity contribution in [3.63, 3.8) is 0 Å². The molecule has 88 valence electrons. The molecule has 0 amide bonds. The molecule has 0 aliphatic carbocycles. The second-order valence-electron chi connectivity index (χ2n) is 3.38. The third-order valence-corrected chi connectivity index (χ3v) is 2.79. The van der Waals surface area contributed by atoms with Crippen molar-refractivity contribution in [1.82, 2.24) is 9.36 Å². The number of aromatic nitrogens is 2. The average molecular weight is 250 g/mol. The number of hydrogen-bond acceptors (Lipinski definition) is 6. The minimum absolute atomic E-state index is 0.154. The summed E-state index contributed by atoms with van der Waals surface area (Å²) in [7, 11) is 0. The van der Waals surface area contributed by atoms with Crippen LogP contribution in [0.25, 0.3) is 0 Å². The number of nitrogen functional groups attached to an aromatic ring is 1. The Hall–Kier alpha value is -2.15. The molecule has 0 saturated heterocycles. The number of nitrogens with one attached hydrogen (secondary N) is 1. The van der Waals surface area contributed by atoms with Crippen molar-refractivity contribution in [2.75, 3.05) is 11.1 Å². The SMILES string of the molecule is Cc1nsc(Nc2ccc(C(=O)O)cc2N)n1. The van der Waals surface area contributed by atoms with Gasteiger partial charge in [0.2, 0.25) is 5.13 Å². The summed E-state index contributed by atoms with van der Waals surface area (Å²) in [4.78, 5) is 14.9. The lowest BCUT2D eigenvalue weighted by atomic mass is 10.2. The summed E-state index contributed by atoms with van der Waals surface area (Å²) in [6, 6.07) is 4.49. The van der Waals surface area contributed by atoms with E-state index in [4.69, 9.17) is 10.8 Å². The van der Waals surface area contributed by atoms with Crippen LogP contribution in [0.2, 0.25) is 0 Å². The van der Waals surface area contributed by atoms with E-state index < -0.39 is 5.97 Å². The Labute approximate surface area is 101 Å². The standard InChI is InChI=1S/C10H10N4O2S/c1-5-12-10(17-14-5)13-8-3-2-6(9(15)16)4-7(8)11/h2-4H,11H2,1H3,(H,15,16)(H,12,13,14). The van der Waals surface area contributed by atoms with E-state index in [1.807, 2.05) is 0 Å². The van der Waals surface area contributed by atoms with E-state index in [9.17, 15) is 4.79 Å². The first-order valence-electron chi connectivity index (χ1n) is 4.76. The molecule has 1 aromatic carbocycles. The van der Waals surface area contributed by atoms with Crippen LogP contribution in [-0.4, -0.2) is 20.4 Å². The van der Waals surface area contributed by atoms with Gasteiger partial charge in [0.15, 0.2) is 0 Å². The molecule has 0 aliphatic rings. The number of carboxylic acids is 1. The first-order chi connectivity index (χ1) is 8.06. The molecule has 0 atom stereocenters. The highest BCUT2D eigenvalue weighted by atomic mass is 32.1. The Balaban J connectivity index is 2.25. The van der Waals surface area contributed by atoms with Crippen LogP contribution < -0.4 is 11.1 Å². The van der Waals surface area contributed by atoms with Gasteiger partial charge in [-0.2, -0.15) is 4.37 Å². The predicted octanol–water partition coefficient (Wildman–Crippen LogP) is 1.87. The Morgan fingerprint density at radius 1 is 1.53 bits per heavy atom. The summed E-state index contributed by atoms with van der Waals surface area (Å²) in [5.74, 6) is -0.326. The predicted molar refractivity (Wildman–Crippen MR) is 65.7 cm³/mol. The third kappa shape index (κ3) is 2.51. The molecule has 2 aromatic rings. The fourth-order valence-electron chi connectivity index (χ4n) is 1.27. The van der Waals surface area contributed by atoms with Crippen LogP contribution >= 0.6 is 11.5 Å². The van der Waals surface area contributed by atoms with E-state index in [0.717, 1.165) is 0 Å². The Morgan fingerprint density at radius 3 is 2.82 bits per heavy atom. The van der Waals surface area contributed by atoms with Gasteiger partial charge in [0.25, 0.3) is 0 Å². The van der Waals surface area contributed by atoms with E-state index in [1.54, 1.807) is 13.0 Å². The molecular formula is C10H10N4O2S. The van der Waals surface area contributed by atoms with Gasteiger partial charge >= 0.3 is 5.97 Å². The Morgan fingerprint density at radius 2 is 2.29 bits per heavy atom. The minimum atomic E-state index is -1.00. The van der Waals surface area contributed by atoms with Crippen LogP contribution in [-0.2, 0) is 0 Å². The zero-order valence-electron chi connectivity index (χ0n) is 8.97. The van der Waals surface area contributed by atoms with Gasteiger partial charge in [-0.05, 0) is 25.1 Å². The van der Waals surface area contributed by atoms with Crippen LogP contribution in [0.3, 0.4) is 0 Å². The van der Waals surface area contributed by atoms with Crippen LogP contribution in [0.1, 0.15) is 16.2 Å². The van der Waals surface area contributed by atoms with Crippen molar-refractivity contribution < 1.29 is 9.90 Å². The maximum absolute atomic E-state index is 10.7. The average Bonchev–Trinajstić information content (AvgIpc) is 2.67. The second kappa shape index (κ2) is 4.38. The maximum atomic E-state index is 10.7. The number of nitrogens with zero attached hydrogens (tertiary/aromatic N) is 2. The molecule has 4 N–H and O–H groups in total. The number of anilines is 3. The molecule has 0 fully saturated rings. The quantitative estimate of drug-likeness (QED) is 0.719. The Kier molecular flexibility index (Phi) is 2.92. The van der Waals surface area contributed by atoms with Crippen molar-refractivity contribution in [2.45, 2.75) is 6.92 Å². The molecule has 17 heavy (non-hydrogen) atoms. The fourth-order valence-corrected chi connectivity index (χ4v) is 1.86. The molecule has 0 aliphatic heterocycles. The number of rotatable bonds is 3. The van der Waals surface area contributed by atoms with E-state index in [2.05, 4.69) is 14.7 Å². The van der Waals surface area contributed by atoms with Crippen molar-refractivity contribution in [1.29, 1.82) is 0 Å². The van der Waals surface area contributed by atoms with Crippen LogP contribution in [0.4, 0.5) is 16.5 Å². The van der Waals surface area contributed by atoms with Gasteiger partial charge in [0.1, 0.15) is 5.82 Å². The number of aromatic carboxylic acids is 1. The molecule has 6 nitrogen and oxygen atoms in total. The van der Waals surface area contributed by atoms with E-state index in [1.165, 1.54) is 23.7 Å². The highest BCUT2D eigenvalue weighted by molar-refractivity contribution is 7.09. The van der Waals surface area contributed by atoms with Crippen LogP contribution in [0, 0.1) is 6.92 Å². The number of hydrogen-bond donors (Lipinski definition) is 3. The molecular weight excluding hydrogens is 240 g/mol. The number of carbonyl (C=O) groups is 1. The molecule has 2 rings (SSSR count). The molecule has 0 radical (unpaired) electrons. The van der Waals surface area contributed by atoms with Gasteiger partial charge in [-0.1, -0.05) is 0 Å². The lowest BCUT2D eigenvalue weighted by Crippen LogP contribution is -2.01. The highest BCUT2D eigenvalue weighted by Gasteiger charge is 2.07. The summed E-state index contributed by atoms with van der Waals surface area (Å²) >= 11 is 1.22. The monoisotopic (exact) mass is 250 g/mol. The molecule has 0 saturated carbocycles. The fraction of sp³-hybridized carbons (Fsp3) is 0.100. The van der Waals surface area contributed by atoms with Crippen LogP contribution in [0.15, 0.2) is 18.2 Å². The summed E-state index contributed by atoms with van der Waals surface area (Å²) in [5.41, 5.74) is 6.87. The topological polar surface area (TPSA) is 101 Å². The van der Waals surface area contributed by atoms with Gasteiger partial charge in [0, 0.05) is 11.5 Å². The molecule has 0 spiro atoms. The molecule has 0 bridgehead atoms. The highest BCUT2D eigenvalue weighted by Crippen LogP contribution is 2.25. The number of aryl methyl sites for hydroxylation is 1. The third-order valence-electron chi connectivity index (χ3n) is 2.07. The number of nitrogens with two attached hydrogens (primary N) is 1. The van der Waals surface area contributed by atoms with E-state index in [-0.39, 0.29) is 5.56 Å². The molecule has 7 heteroatoms. The Bertz CT molecular complexity index is 567. The summed E-state index contributed by atoms with van der Waals surface area (Å²) < 4.78 is 4.02. The molecule has 1 heterocycles. The van der Waals surface area contributed by atoms with Crippen LogP contribution in [0.5, 0.6) is 0 Å². The van der Waals surface area contributed by atoms with Gasteiger partial charge in [-0.3, -0.25) is 0 Å². The van der Waals surface area contributed by atoms with Gasteiger partial charge in [-0.15, -0.1) is 0 Å². The molecule has 0 unspecified atom stereocenters. The summed E-state index contributed by atoms with van der Waals surface area (Å²) in [6.45, 7) is 1.79. The zero-order chi connectivity index (χ0) is 12.4. The first-order valence-corrected chi connectivity index (χ1v) is 5.54. The summed E-state index contributed by atoms with van der Waals surface area (Å²) in [6.07, 6.45) is 0.